The van der Waals surface area contributed by atoms with Crippen molar-refractivity contribution in [2.75, 3.05) is 44.7 Å². The molecule has 0 bridgehead atoms. The fourth-order valence-electron chi connectivity index (χ4n) is 3.24. The highest BCUT2D eigenvalue weighted by molar-refractivity contribution is 5.41. The fraction of sp³-hybridized carbons (Fsp3) is 0.611. The molecule has 0 spiro atoms. The van der Waals surface area contributed by atoms with Crippen molar-refractivity contribution in [3.05, 3.63) is 36.0 Å². The predicted molar refractivity (Wildman–Crippen MR) is 92.1 cm³/mol. The molecule has 1 saturated heterocycles. The van der Waals surface area contributed by atoms with E-state index in [4.69, 9.17) is 0 Å². The second kappa shape index (κ2) is 7.75. The van der Waals surface area contributed by atoms with Crippen molar-refractivity contribution in [1.29, 1.82) is 0 Å². The predicted octanol–water partition coefficient (Wildman–Crippen LogP) is 2.28. The number of piperazine rings is 1. The first-order valence-corrected chi connectivity index (χ1v) is 8.55. The molecule has 4 nitrogen and oxygen atoms in total. The van der Waals surface area contributed by atoms with Crippen LogP contribution in [0.2, 0.25) is 0 Å². The first-order chi connectivity index (χ1) is 10.8. The highest BCUT2D eigenvalue weighted by atomic mass is 15.3. The van der Waals surface area contributed by atoms with Crippen molar-refractivity contribution in [2.24, 2.45) is 5.92 Å². The zero-order valence-corrected chi connectivity index (χ0v) is 13.7. The molecule has 1 fully saturated rings. The van der Waals surface area contributed by atoms with E-state index in [1.807, 2.05) is 6.20 Å². The van der Waals surface area contributed by atoms with Crippen LogP contribution in [-0.2, 0) is 6.54 Å². The Labute approximate surface area is 134 Å². The van der Waals surface area contributed by atoms with Crippen LogP contribution >= 0.6 is 0 Å². The summed E-state index contributed by atoms with van der Waals surface area (Å²) in [6.07, 6.45) is 10.4. The molecule has 22 heavy (non-hydrogen) atoms. The summed E-state index contributed by atoms with van der Waals surface area (Å²) in [6, 6.07) is 4.38. The molecule has 1 aliphatic heterocycles. The third kappa shape index (κ3) is 4.31. The molecule has 1 aromatic heterocycles. The Kier molecular flexibility index (Phi) is 5.46. The molecule has 0 aromatic carbocycles. The second-order valence-electron chi connectivity index (χ2n) is 6.59. The topological polar surface area (TPSA) is 31.4 Å². The summed E-state index contributed by atoms with van der Waals surface area (Å²) in [6.45, 7) is 6.47. The maximum Gasteiger partial charge on any atom is 0.128 e. The lowest BCUT2D eigenvalue weighted by molar-refractivity contribution is 0.312. The van der Waals surface area contributed by atoms with Crippen molar-refractivity contribution in [2.45, 2.75) is 25.8 Å². The van der Waals surface area contributed by atoms with Gasteiger partial charge in [0.2, 0.25) is 0 Å². The number of rotatable bonds is 5. The summed E-state index contributed by atoms with van der Waals surface area (Å²) in [5.74, 6) is 1.94. The van der Waals surface area contributed by atoms with E-state index in [-0.39, 0.29) is 0 Å². The summed E-state index contributed by atoms with van der Waals surface area (Å²) >= 11 is 0. The molecule has 3 rings (SSSR count). The molecule has 120 valence electrons. The summed E-state index contributed by atoms with van der Waals surface area (Å²) < 4.78 is 0. The highest BCUT2D eigenvalue weighted by Gasteiger charge is 2.15. The van der Waals surface area contributed by atoms with Crippen LogP contribution in [0.1, 0.15) is 24.8 Å². The lowest BCUT2D eigenvalue weighted by Gasteiger charge is -2.33. The van der Waals surface area contributed by atoms with Crippen LogP contribution in [0, 0.1) is 5.92 Å². The molecular formula is C18H28N4. The van der Waals surface area contributed by atoms with Crippen LogP contribution in [0.4, 0.5) is 5.82 Å². The van der Waals surface area contributed by atoms with E-state index in [1.54, 1.807) is 0 Å². The van der Waals surface area contributed by atoms with Crippen LogP contribution in [0.3, 0.4) is 0 Å². The lowest BCUT2D eigenvalue weighted by Crippen LogP contribution is -2.44. The van der Waals surface area contributed by atoms with Gasteiger partial charge in [0.15, 0.2) is 0 Å². The van der Waals surface area contributed by atoms with Gasteiger partial charge in [0.05, 0.1) is 0 Å². The van der Waals surface area contributed by atoms with Crippen molar-refractivity contribution < 1.29 is 0 Å². The van der Waals surface area contributed by atoms with Crippen LogP contribution in [0.25, 0.3) is 0 Å². The van der Waals surface area contributed by atoms with Gasteiger partial charge >= 0.3 is 0 Å². The van der Waals surface area contributed by atoms with E-state index in [0.717, 1.165) is 51.0 Å². The van der Waals surface area contributed by atoms with Crippen molar-refractivity contribution in [1.82, 2.24) is 15.2 Å². The zero-order valence-electron chi connectivity index (χ0n) is 13.7. The Bertz CT molecular complexity index is 492. The van der Waals surface area contributed by atoms with Gasteiger partial charge in [-0.25, -0.2) is 4.98 Å². The molecule has 1 N–H and O–H groups in total. The van der Waals surface area contributed by atoms with E-state index in [0.29, 0.717) is 0 Å². The first kappa shape index (κ1) is 15.5. The van der Waals surface area contributed by atoms with Crippen molar-refractivity contribution >= 4 is 5.82 Å². The minimum absolute atomic E-state index is 0.809. The minimum atomic E-state index is 0.809. The summed E-state index contributed by atoms with van der Waals surface area (Å²) in [5, 5.41) is 3.62. The summed E-state index contributed by atoms with van der Waals surface area (Å²) in [7, 11) is 2.19. The quantitative estimate of drug-likeness (QED) is 0.845. The van der Waals surface area contributed by atoms with E-state index in [9.17, 15) is 0 Å². The van der Waals surface area contributed by atoms with E-state index < -0.39 is 0 Å². The molecule has 0 amide bonds. The van der Waals surface area contributed by atoms with Gasteiger partial charge in [0.25, 0.3) is 0 Å². The normalized spacial score (nSPS) is 23.0. The number of pyridine rings is 1. The molecule has 0 radical (unpaired) electrons. The molecule has 1 aliphatic carbocycles. The summed E-state index contributed by atoms with van der Waals surface area (Å²) in [4.78, 5) is 9.33. The molecule has 4 heteroatoms. The average molecular weight is 300 g/mol. The fourth-order valence-corrected chi connectivity index (χ4v) is 3.24. The van der Waals surface area contributed by atoms with Crippen LogP contribution in [0.5, 0.6) is 0 Å². The number of hydrogen-bond acceptors (Lipinski definition) is 4. The zero-order chi connectivity index (χ0) is 15.2. The highest BCUT2D eigenvalue weighted by Crippen LogP contribution is 2.18. The molecule has 2 heterocycles. The van der Waals surface area contributed by atoms with Crippen LogP contribution < -0.4 is 10.2 Å². The lowest BCUT2D eigenvalue weighted by atomic mass is 9.94. The number of hydrogen-bond donors (Lipinski definition) is 1. The largest absolute Gasteiger partial charge is 0.354 e. The monoisotopic (exact) mass is 300 g/mol. The first-order valence-electron chi connectivity index (χ1n) is 8.55. The second-order valence-corrected chi connectivity index (χ2v) is 6.59. The average Bonchev–Trinajstić information content (AvgIpc) is 2.57. The van der Waals surface area contributed by atoms with Gasteiger partial charge in [-0.15, -0.1) is 0 Å². The number of nitrogens with one attached hydrogen (secondary N) is 1. The van der Waals surface area contributed by atoms with Crippen LogP contribution in [-0.4, -0.2) is 49.7 Å². The van der Waals surface area contributed by atoms with Gasteiger partial charge in [0.1, 0.15) is 5.82 Å². The molecule has 1 aromatic rings. The van der Waals surface area contributed by atoms with Gasteiger partial charge in [0, 0.05) is 38.9 Å². The molecule has 0 saturated carbocycles. The maximum absolute atomic E-state index is 4.56. The number of anilines is 1. The third-order valence-electron chi connectivity index (χ3n) is 4.78. The Hall–Kier alpha value is -1.39. The Morgan fingerprint density at radius 2 is 2.09 bits per heavy atom. The van der Waals surface area contributed by atoms with Gasteiger partial charge in [-0.1, -0.05) is 12.2 Å². The molecular weight excluding hydrogens is 272 g/mol. The van der Waals surface area contributed by atoms with Gasteiger partial charge in [-0.2, -0.15) is 0 Å². The van der Waals surface area contributed by atoms with Crippen molar-refractivity contribution in [3.8, 4) is 0 Å². The maximum atomic E-state index is 4.56. The SMILES string of the molecule is CN1CCN(c2cc(CNCC3CC=CCC3)ccn2)CC1. The molecule has 1 atom stereocenters. The minimum Gasteiger partial charge on any atom is -0.354 e. The number of likely N-dealkylation sites (N-methyl/N-ethyl adjacent to an activating group) is 1. The Morgan fingerprint density at radius 3 is 2.86 bits per heavy atom. The molecule has 2 aliphatic rings. The van der Waals surface area contributed by atoms with E-state index in [2.05, 4.69) is 51.4 Å². The van der Waals surface area contributed by atoms with E-state index in [1.165, 1.54) is 24.8 Å². The summed E-state index contributed by atoms with van der Waals surface area (Å²) in [5.41, 5.74) is 1.34. The van der Waals surface area contributed by atoms with Gasteiger partial charge in [-0.3, -0.25) is 0 Å². The Morgan fingerprint density at radius 1 is 1.23 bits per heavy atom. The Balaban J connectivity index is 1.49. The number of allylic oxidation sites excluding steroid dienone is 2. The smallest absolute Gasteiger partial charge is 0.128 e. The van der Waals surface area contributed by atoms with E-state index >= 15 is 0 Å². The van der Waals surface area contributed by atoms with Crippen LogP contribution in [0.15, 0.2) is 30.5 Å². The standard InChI is InChI=1S/C18H28N4/c1-21-9-11-22(12-10-21)18-13-17(7-8-20-18)15-19-14-16-5-3-2-4-6-16/h2-3,7-8,13,16,19H,4-6,9-12,14-15H2,1H3. The number of aromatic nitrogens is 1. The number of nitrogens with zero attached hydrogens (tertiary/aromatic N) is 3. The van der Waals surface area contributed by atoms with Gasteiger partial charge < -0.3 is 15.1 Å². The molecule has 1 unspecified atom stereocenters. The third-order valence-corrected chi connectivity index (χ3v) is 4.78. The van der Waals surface area contributed by atoms with Crippen molar-refractivity contribution in [3.63, 3.8) is 0 Å². The van der Waals surface area contributed by atoms with Gasteiger partial charge in [-0.05, 0) is 56.5 Å².